The second kappa shape index (κ2) is 3.66. The summed E-state index contributed by atoms with van der Waals surface area (Å²) >= 11 is 0. The molecule has 1 amide bonds. The van der Waals surface area contributed by atoms with Gasteiger partial charge in [-0.05, 0) is 25.3 Å². The van der Waals surface area contributed by atoms with E-state index in [2.05, 4.69) is 12.2 Å². The molecule has 0 radical (unpaired) electrons. The van der Waals surface area contributed by atoms with Gasteiger partial charge < -0.3 is 10.2 Å². The number of hydrogen-bond donors (Lipinski definition) is 1. The van der Waals surface area contributed by atoms with E-state index in [1.807, 2.05) is 4.90 Å². The molecule has 1 N–H and O–H groups in total. The predicted molar refractivity (Wildman–Crippen MR) is 51.3 cm³/mol. The number of hydrogen-bond acceptors (Lipinski definition) is 2. The fraction of sp³-hybridized carbons (Fsp3) is 0.900. The van der Waals surface area contributed by atoms with Crippen molar-refractivity contribution in [1.29, 1.82) is 0 Å². The third-order valence-electron chi connectivity index (χ3n) is 3.15. The van der Waals surface area contributed by atoms with Crippen LogP contribution < -0.4 is 5.32 Å². The summed E-state index contributed by atoms with van der Waals surface area (Å²) in [6, 6.07) is 0. The Bertz CT molecular complexity index is 199. The van der Waals surface area contributed by atoms with Crippen molar-refractivity contribution in [2.45, 2.75) is 19.8 Å². The van der Waals surface area contributed by atoms with Crippen molar-refractivity contribution < 1.29 is 4.79 Å². The quantitative estimate of drug-likeness (QED) is 0.639. The van der Waals surface area contributed by atoms with Gasteiger partial charge >= 0.3 is 0 Å². The van der Waals surface area contributed by atoms with Crippen LogP contribution in [0.15, 0.2) is 0 Å². The van der Waals surface area contributed by atoms with Crippen molar-refractivity contribution >= 4 is 5.91 Å². The van der Waals surface area contributed by atoms with Gasteiger partial charge in [-0.25, -0.2) is 0 Å². The number of nitrogens with one attached hydrogen (secondary N) is 1. The van der Waals surface area contributed by atoms with E-state index >= 15 is 0 Å². The highest BCUT2D eigenvalue weighted by Gasteiger charge is 2.30. The third-order valence-corrected chi connectivity index (χ3v) is 3.15. The molecule has 0 aromatic carbocycles. The van der Waals surface area contributed by atoms with Crippen LogP contribution in [-0.4, -0.2) is 37.0 Å². The Hall–Kier alpha value is -0.570. The second-order valence-corrected chi connectivity index (χ2v) is 4.37. The maximum absolute atomic E-state index is 11.9. The Balaban J connectivity index is 1.89. The Labute approximate surface area is 79.5 Å². The van der Waals surface area contributed by atoms with Gasteiger partial charge in [0.2, 0.25) is 5.91 Å². The molecule has 13 heavy (non-hydrogen) atoms. The van der Waals surface area contributed by atoms with Crippen LogP contribution in [0.4, 0.5) is 0 Å². The van der Waals surface area contributed by atoms with E-state index in [9.17, 15) is 4.79 Å². The van der Waals surface area contributed by atoms with Crippen LogP contribution in [0.2, 0.25) is 0 Å². The molecule has 0 bridgehead atoms. The van der Waals surface area contributed by atoms with Crippen LogP contribution in [0.25, 0.3) is 0 Å². The van der Waals surface area contributed by atoms with Crippen LogP contribution in [0.3, 0.4) is 0 Å². The van der Waals surface area contributed by atoms with Gasteiger partial charge in [0.1, 0.15) is 0 Å². The molecule has 2 aliphatic rings. The topological polar surface area (TPSA) is 32.3 Å². The first-order chi connectivity index (χ1) is 6.27. The van der Waals surface area contributed by atoms with Crippen LogP contribution in [0.5, 0.6) is 0 Å². The number of rotatable bonds is 1. The highest BCUT2D eigenvalue weighted by molar-refractivity contribution is 5.79. The molecular weight excluding hydrogens is 164 g/mol. The summed E-state index contributed by atoms with van der Waals surface area (Å²) in [6.45, 7) is 6.09. The molecule has 2 fully saturated rings. The van der Waals surface area contributed by atoms with Crippen molar-refractivity contribution in [2.24, 2.45) is 11.8 Å². The van der Waals surface area contributed by atoms with Crippen LogP contribution >= 0.6 is 0 Å². The summed E-state index contributed by atoms with van der Waals surface area (Å²) in [5.41, 5.74) is 0. The lowest BCUT2D eigenvalue weighted by Gasteiger charge is -2.19. The largest absolute Gasteiger partial charge is 0.342 e. The average molecular weight is 182 g/mol. The van der Waals surface area contributed by atoms with E-state index in [4.69, 9.17) is 0 Å². The second-order valence-electron chi connectivity index (χ2n) is 4.37. The lowest BCUT2D eigenvalue weighted by molar-refractivity contribution is -0.133. The average Bonchev–Trinajstić information content (AvgIpc) is 2.72. The maximum atomic E-state index is 11.9. The highest BCUT2D eigenvalue weighted by Crippen LogP contribution is 2.19. The zero-order valence-electron chi connectivity index (χ0n) is 8.25. The van der Waals surface area contributed by atoms with Crippen molar-refractivity contribution in [3.05, 3.63) is 0 Å². The first kappa shape index (κ1) is 9.00. The standard InChI is InChI=1S/C10H18N2O/c1-8-3-5-12(7-8)10(13)9-2-4-11-6-9/h8-9,11H,2-7H2,1H3/t8?,9-/m1/s1. The maximum Gasteiger partial charge on any atom is 0.227 e. The monoisotopic (exact) mass is 182 g/mol. The molecule has 0 aromatic rings. The van der Waals surface area contributed by atoms with E-state index in [0.717, 1.165) is 32.6 Å². The minimum Gasteiger partial charge on any atom is -0.342 e. The first-order valence-corrected chi connectivity index (χ1v) is 5.27. The summed E-state index contributed by atoms with van der Waals surface area (Å²) in [4.78, 5) is 13.9. The van der Waals surface area contributed by atoms with Gasteiger partial charge in [-0.2, -0.15) is 0 Å². The highest BCUT2D eigenvalue weighted by atomic mass is 16.2. The van der Waals surface area contributed by atoms with E-state index in [-0.39, 0.29) is 5.92 Å². The molecule has 74 valence electrons. The van der Waals surface area contributed by atoms with Crippen LogP contribution in [0.1, 0.15) is 19.8 Å². The molecule has 2 aliphatic heterocycles. The molecule has 0 saturated carbocycles. The van der Waals surface area contributed by atoms with Crippen molar-refractivity contribution in [1.82, 2.24) is 10.2 Å². The lowest BCUT2D eigenvalue weighted by atomic mass is 10.1. The summed E-state index contributed by atoms with van der Waals surface area (Å²) in [5, 5.41) is 3.24. The van der Waals surface area contributed by atoms with Crippen molar-refractivity contribution in [3.63, 3.8) is 0 Å². The van der Waals surface area contributed by atoms with Gasteiger partial charge in [-0.1, -0.05) is 6.92 Å². The molecule has 3 heteroatoms. The normalized spacial score (nSPS) is 34.1. The zero-order chi connectivity index (χ0) is 9.26. The number of carbonyl (C=O) groups excluding carboxylic acids is 1. The number of nitrogens with zero attached hydrogens (tertiary/aromatic N) is 1. The zero-order valence-corrected chi connectivity index (χ0v) is 8.25. The number of amides is 1. The number of likely N-dealkylation sites (tertiary alicyclic amines) is 1. The Morgan fingerprint density at radius 2 is 2.31 bits per heavy atom. The van der Waals surface area contributed by atoms with Gasteiger partial charge in [0.25, 0.3) is 0 Å². The van der Waals surface area contributed by atoms with Gasteiger partial charge in [0.15, 0.2) is 0 Å². The minimum atomic E-state index is 0.269. The Morgan fingerprint density at radius 1 is 1.46 bits per heavy atom. The van der Waals surface area contributed by atoms with E-state index in [1.165, 1.54) is 6.42 Å². The molecule has 3 nitrogen and oxygen atoms in total. The summed E-state index contributed by atoms with van der Waals surface area (Å²) in [6.07, 6.45) is 2.22. The molecule has 2 heterocycles. The van der Waals surface area contributed by atoms with E-state index in [1.54, 1.807) is 0 Å². The fourth-order valence-electron chi connectivity index (χ4n) is 2.26. The third kappa shape index (κ3) is 1.85. The van der Waals surface area contributed by atoms with E-state index < -0.39 is 0 Å². The smallest absolute Gasteiger partial charge is 0.227 e. The first-order valence-electron chi connectivity index (χ1n) is 5.27. The molecule has 2 saturated heterocycles. The van der Waals surface area contributed by atoms with Gasteiger partial charge in [-0.3, -0.25) is 4.79 Å². The summed E-state index contributed by atoms with van der Waals surface area (Å²) in [7, 11) is 0. The molecular formula is C10H18N2O. The molecule has 0 spiro atoms. The van der Waals surface area contributed by atoms with Gasteiger partial charge in [0.05, 0.1) is 5.92 Å². The van der Waals surface area contributed by atoms with Crippen molar-refractivity contribution in [3.8, 4) is 0 Å². The lowest BCUT2D eigenvalue weighted by Crippen LogP contribution is -2.35. The minimum absolute atomic E-state index is 0.269. The van der Waals surface area contributed by atoms with Gasteiger partial charge in [-0.15, -0.1) is 0 Å². The van der Waals surface area contributed by atoms with Gasteiger partial charge in [0, 0.05) is 19.6 Å². The fourth-order valence-corrected chi connectivity index (χ4v) is 2.26. The Kier molecular flexibility index (Phi) is 2.54. The molecule has 0 aliphatic carbocycles. The van der Waals surface area contributed by atoms with Crippen LogP contribution in [0, 0.1) is 11.8 Å². The Morgan fingerprint density at radius 3 is 2.85 bits per heavy atom. The van der Waals surface area contributed by atoms with E-state index in [0.29, 0.717) is 11.8 Å². The predicted octanol–water partition coefficient (Wildman–Crippen LogP) is 0.464. The molecule has 2 rings (SSSR count). The molecule has 2 atom stereocenters. The number of carbonyl (C=O) groups is 1. The molecule has 0 aromatic heterocycles. The molecule has 1 unspecified atom stereocenters. The van der Waals surface area contributed by atoms with Crippen molar-refractivity contribution in [2.75, 3.05) is 26.2 Å². The summed E-state index contributed by atoms with van der Waals surface area (Å²) in [5.74, 6) is 1.36. The van der Waals surface area contributed by atoms with Crippen LogP contribution in [-0.2, 0) is 4.79 Å². The summed E-state index contributed by atoms with van der Waals surface area (Å²) < 4.78 is 0. The SMILES string of the molecule is CC1CCN(C(=O)[C@@H]2CCNC2)C1.